The van der Waals surface area contributed by atoms with Crippen LogP contribution in [0.5, 0.6) is 0 Å². The lowest BCUT2D eigenvalue weighted by molar-refractivity contribution is -0.118. The SMILES string of the molecule is Cc1ccc(SCCNC(=O)CSc2nnc(-c3ccco3)n2-c2ccccc2)cc1. The fourth-order valence-electron chi connectivity index (χ4n) is 2.91. The minimum Gasteiger partial charge on any atom is -0.461 e. The maximum absolute atomic E-state index is 12.3. The van der Waals surface area contributed by atoms with Crippen LogP contribution in [0.2, 0.25) is 0 Å². The standard InChI is InChI=1S/C23H22N4O2S2/c1-17-9-11-19(12-10-17)30-15-13-24-21(28)16-31-23-26-25-22(20-8-5-14-29-20)27(23)18-6-3-2-4-7-18/h2-12,14H,13,15-16H2,1H3,(H,24,28). The van der Waals surface area contributed by atoms with Gasteiger partial charge in [-0.3, -0.25) is 9.36 Å². The molecule has 31 heavy (non-hydrogen) atoms. The van der Waals surface area contributed by atoms with Crippen LogP contribution >= 0.6 is 23.5 Å². The van der Waals surface area contributed by atoms with E-state index in [1.807, 2.05) is 47.0 Å². The number of hydrogen-bond donors (Lipinski definition) is 1. The predicted octanol–water partition coefficient (Wildman–Crippen LogP) is 4.84. The smallest absolute Gasteiger partial charge is 0.230 e. The van der Waals surface area contributed by atoms with E-state index in [4.69, 9.17) is 4.42 Å². The second-order valence-electron chi connectivity index (χ2n) is 6.75. The van der Waals surface area contributed by atoms with Gasteiger partial charge < -0.3 is 9.73 Å². The second kappa shape index (κ2) is 10.4. The molecule has 0 saturated carbocycles. The van der Waals surface area contributed by atoms with Gasteiger partial charge in [0.25, 0.3) is 0 Å². The van der Waals surface area contributed by atoms with Gasteiger partial charge in [-0.25, -0.2) is 0 Å². The molecule has 0 saturated heterocycles. The summed E-state index contributed by atoms with van der Waals surface area (Å²) < 4.78 is 7.42. The number of carbonyl (C=O) groups is 1. The van der Waals surface area contributed by atoms with Crippen molar-refractivity contribution < 1.29 is 9.21 Å². The summed E-state index contributed by atoms with van der Waals surface area (Å²) >= 11 is 3.08. The average molecular weight is 451 g/mol. The average Bonchev–Trinajstić information content (AvgIpc) is 3.47. The second-order valence-corrected chi connectivity index (χ2v) is 8.87. The summed E-state index contributed by atoms with van der Waals surface area (Å²) in [5.41, 5.74) is 2.16. The number of furan rings is 1. The Hall–Kier alpha value is -2.97. The maximum atomic E-state index is 12.3. The number of benzene rings is 2. The summed E-state index contributed by atoms with van der Waals surface area (Å²) in [4.78, 5) is 13.5. The third kappa shape index (κ3) is 5.59. The fourth-order valence-corrected chi connectivity index (χ4v) is 4.46. The molecule has 8 heteroatoms. The Labute approximate surface area is 189 Å². The number of carbonyl (C=O) groups excluding carboxylic acids is 1. The number of rotatable bonds is 9. The third-order valence-electron chi connectivity index (χ3n) is 4.44. The molecule has 0 fully saturated rings. The number of hydrogen-bond acceptors (Lipinski definition) is 6. The van der Waals surface area contributed by atoms with Crippen molar-refractivity contribution in [3.8, 4) is 17.3 Å². The fraction of sp³-hybridized carbons (Fsp3) is 0.174. The number of aryl methyl sites for hydroxylation is 1. The number of para-hydroxylation sites is 1. The summed E-state index contributed by atoms with van der Waals surface area (Å²) in [5.74, 6) is 2.28. The molecule has 0 aliphatic rings. The zero-order valence-electron chi connectivity index (χ0n) is 17.0. The van der Waals surface area contributed by atoms with Crippen LogP contribution in [0, 0.1) is 6.92 Å². The highest BCUT2D eigenvalue weighted by molar-refractivity contribution is 7.99. The third-order valence-corrected chi connectivity index (χ3v) is 6.38. The summed E-state index contributed by atoms with van der Waals surface area (Å²) in [6.45, 7) is 2.68. The Morgan fingerprint density at radius 2 is 1.81 bits per heavy atom. The Kier molecular flexibility index (Phi) is 7.11. The van der Waals surface area contributed by atoms with Gasteiger partial charge in [-0.15, -0.1) is 22.0 Å². The molecule has 6 nitrogen and oxygen atoms in total. The number of thioether (sulfide) groups is 2. The van der Waals surface area contributed by atoms with Crippen molar-refractivity contribution in [3.63, 3.8) is 0 Å². The number of nitrogens with one attached hydrogen (secondary N) is 1. The van der Waals surface area contributed by atoms with E-state index in [9.17, 15) is 4.79 Å². The van der Waals surface area contributed by atoms with Crippen molar-refractivity contribution >= 4 is 29.4 Å². The van der Waals surface area contributed by atoms with Crippen LogP contribution < -0.4 is 5.32 Å². The van der Waals surface area contributed by atoms with Crippen LogP contribution in [0.25, 0.3) is 17.3 Å². The molecule has 0 spiro atoms. The molecule has 0 aliphatic carbocycles. The summed E-state index contributed by atoms with van der Waals surface area (Å²) in [7, 11) is 0. The number of amides is 1. The van der Waals surface area contributed by atoms with Gasteiger partial charge in [0.2, 0.25) is 11.7 Å². The zero-order valence-corrected chi connectivity index (χ0v) is 18.7. The molecular formula is C23H22N4O2S2. The van der Waals surface area contributed by atoms with Crippen LogP contribution in [-0.2, 0) is 4.79 Å². The molecule has 0 bridgehead atoms. The lowest BCUT2D eigenvalue weighted by Gasteiger charge is -2.09. The maximum Gasteiger partial charge on any atom is 0.230 e. The van der Waals surface area contributed by atoms with Gasteiger partial charge in [-0.1, -0.05) is 47.7 Å². The molecule has 2 aromatic carbocycles. The van der Waals surface area contributed by atoms with Crippen LogP contribution in [0.4, 0.5) is 0 Å². The first-order valence-electron chi connectivity index (χ1n) is 9.84. The summed E-state index contributed by atoms with van der Waals surface area (Å²) in [6, 6.07) is 21.9. The first-order chi connectivity index (χ1) is 15.2. The zero-order chi connectivity index (χ0) is 21.5. The van der Waals surface area contributed by atoms with E-state index in [1.54, 1.807) is 18.0 Å². The van der Waals surface area contributed by atoms with Crippen LogP contribution in [0.15, 0.2) is 87.5 Å². The Morgan fingerprint density at radius 3 is 2.55 bits per heavy atom. The van der Waals surface area contributed by atoms with Gasteiger partial charge in [0.05, 0.1) is 12.0 Å². The quantitative estimate of drug-likeness (QED) is 0.291. The minimum atomic E-state index is -0.0309. The van der Waals surface area contributed by atoms with Crippen LogP contribution in [-0.4, -0.2) is 38.7 Å². The lowest BCUT2D eigenvalue weighted by atomic mass is 10.2. The number of nitrogens with zero attached hydrogens (tertiary/aromatic N) is 3. The van der Waals surface area contributed by atoms with E-state index < -0.39 is 0 Å². The van der Waals surface area contributed by atoms with Crippen LogP contribution in [0.1, 0.15) is 5.56 Å². The van der Waals surface area contributed by atoms with Gasteiger partial charge in [-0.2, -0.15) is 0 Å². The van der Waals surface area contributed by atoms with Gasteiger partial charge in [0.1, 0.15) is 0 Å². The Bertz CT molecular complexity index is 1110. The molecule has 1 N–H and O–H groups in total. The molecule has 0 aliphatic heterocycles. The van der Waals surface area contributed by atoms with Crippen LogP contribution in [0.3, 0.4) is 0 Å². The van der Waals surface area contributed by atoms with E-state index in [-0.39, 0.29) is 11.7 Å². The lowest BCUT2D eigenvalue weighted by Crippen LogP contribution is -2.27. The molecule has 2 aromatic heterocycles. The van der Waals surface area contributed by atoms with Gasteiger partial charge in [0.15, 0.2) is 10.9 Å². The van der Waals surface area contributed by atoms with Crippen molar-refractivity contribution in [3.05, 3.63) is 78.6 Å². The van der Waals surface area contributed by atoms with E-state index in [0.29, 0.717) is 23.3 Å². The molecule has 1 amide bonds. The summed E-state index contributed by atoms with van der Waals surface area (Å²) in [6.07, 6.45) is 1.61. The predicted molar refractivity (Wildman–Crippen MR) is 125 cm³/mol. The summed E-state index contributed by atoms with van der Waals surface area (Å²) in [5, 5.41) is 12.2. The van der Waals surface area contributed by atoms with Gasteiger partial charge >= 0.3 is 0 Å². The van der Waals surface area contributed by atoms with E-state index in [2.05, 4.69) is 46.7 Å². The molecule has 158 valence electrons. The molecule has 4 rings (SSSR count). The van der Waals surface area contributed by atoms with E-state index in [1.165, 1.54) is 22.2 Å². The van der Waals surface area contributed by atoms with Crippen molar-refractivity contribution in [1.82, 2.24) is 20.1 Å². The normalized spacial score (nSPS) is 10.9. The highest BCUT2D eigenvalue weighted by Gasteiger charge is 2.18. The van der Waals surface area contributed by atoms with Crippen molar-refractivity contribution in [2.45, 2.75) is 17.0 Å². The minimum absolute atomic E-state index is 0.0309. The first kappa shape index (κ1) is 21.3. The monoisotopic (exact) mass is 450 g/mol. The largest absolute Gasteiger partial charge is 0.461 e. The highest BCUT2D eigenvalue weighted by atomic mass is 32.2. The topological polar surface area (TPSA) is 73.0 Å². The van der Waals surface area contributed by atoms with Crippen molar-refractivity contribution in [2.24, 2.45) is 0 Å². The molecule has 4 aromatic rings. The Balaban J connectivity index is 1.35. The van der Waals surface area contributed by atoms with Gasteiger partial charge in [0, 0.05) is 22.9 Å². The molecule has 0 unspecified atom stereocenters. The van der Waals surface area contributed by atoms with E-state index in [0.717, 1.165) is 11.4 Å². The Morgan fingerprint density at radius 1 is 1.00 bits per heavy atom. The number of aromatic nitrogens is 3. The van der Waals surface area contributed by atoms with Crippen molar-refractivity contribution in [2.75, 3.05) is 18.1 Å². The highest BCUT2D eigenvalue weighted by Crippen LogP contribution is 2.28. The molecule has 0 radical (unpaired) electrons. The molecular weight excluding hydrogens is 428 g/mol. The van der Waals surface area contributed by atoms with Crippen molar-refractivity contribution in [1.29, 1.82) is 0 Å². The molecule has 0 atom stereocenters. The van der Waals surface area contributed by atoms with E-state index >= 15 is 0 Å². The first-order valence-corrected chi connectivity index (χ1v) is 11.8. The van der Waals surface area contributed by atoms with Gasteiger partial charge in [-0.05, 0) is 43.3 Å². The molecule has 2 heterocycles.